The second kappa shape index (κ2) is 4.76. The van der Waals surface area contributed by atoms with Crippen molar-refractivity contribution in [3.8, 4) is 0 Å². The molecule has 1 fully saturated rings. The molecule has 3 N–H and O–H groups in total. The normalized spacial score (nSPS) is 24.2. The predicted molar refractivity (Wildman–Crippen MR) is 80.4 cm³/mol. The molecule has 102 valence electrons. The van der Waals surface area contributed by atoms with Crippen LogP contribution in [-0.2, 0) is 10.3 Å². The summed E-state index contributed by atoms with van der Waals surface area (Å²) in [6.45, 7) is 1.52. The molecule has 2 aromatic carbocycles. The van der Waals surface area contributed by atoms with Crippen molar-refractivity contribution in [3.63, 3.8) is 0 Å². The molecule has 1 saturated carbocycles. The van der Waals surface area contributed by atoms with Crippen molar-refractivity contribution < 1.29 is 4.79 Å². The molecule has 0 spiro atoms. The van der Waals surface area contributed by atoms with Gasteiger partial charge >= 0.3 is 0 Å². The Morgan fingerprint density at radius 1 is 1.15 bits per heavy atom. The van der Waals surface area contributed by atoms with Crippen LogP contribution in [0.3, 0.4) is 0 Å². The molecule has 0 aliphatic heterocycles. The number of amides is 1. The summed E-state index contributed by atoms with van der Waals surface area (Å²) in [5, 5.41) is 2.87. The van der Waals surface area contributed by atoms with Crippen LogP contribution < -0.4 is 11.1 Å². The lowest BCUT2D eigenvalue weighted by atomic mass is 9.98. The van der Waals surface area contributed by atoms with Gasteiger partial charge in [0, 0.05) is 18.5 Å². The number of nitrogens with two attached hydrogens (primary N) is 1. The van der Waals surface area contributed by atoms with E-state index in [9.17, 15) is 4.79 Å². The largest absolute Gasteiger partial charge is 0.326 e. The smallest absolute Gasteiger partial charge is 0.221 e. The molecule has 0 aromatic heterocycles. The van der Waals surface area contributed by atoms with Crippen molar-refractivity contribution in [2.75, 3.05) is 5.32 Å². The third kappa shape index (κ3) is 2.21. The quantitative estimate of drug-likeness (QED) is 0.897. The Labute approximate surface area is 118 Å². The Morgan fingerprint density at radius 3 is 2.50 bits per heavy atom. The van der Waals surface area contributed by atoms with Crippen LogP contribution in [0.25, 0.3) is 0 Å². The van der Waals surface area contributed by atoms with E-state index in [1.165, 1.54) is 12.5 Å². The Bertz CT molecular complexity index is 638. The summed E-state index contributed by atoms with van der Waals surface area (Å²) in [4.78, 5) is 11.3. The lowest BCUT2D eigenvalue weighted by molar-refractivity contribution is -0.114. The number of benzene rings is 2. The van der Waals surface area contributed by atoms with Crippen LogP contribution in [0.4, 0.5) is 5.69 Å². The highest BCUT2D eigenvalue weighted by Crippen LogP contribution is 2.57. The first-order valence-electron chi connectivity index (χ1n) is 6.82. The second-order valence-electron chi connectivity index (χ2n) is 5.43. The van der Waals surface area contributed by atoms with E-state index in [0.717, 1.165) is 17.7 Å². The van der Waals surface area contributed by atoms with E-state index in [1.54, 1.807) is 0 Å². The first-order chi connectivity index (χ1) is 9.61. The van der Waals surface area contributed by atoms with Crippen molar-refractivity contribution in [2.45, 2.75) is 24.8 Å². The van der Waals surface area contributed by atoms with Gasteiger partial charge in [0.25, 0.3) is 0 Å². The van der Waals surface area contributed by atoms with Gasteiger partial charge in [-0.2, -0.15) is 0 Å². The average Bonchev–Trinajstić information content (AvgIpc) is 3.13. The maximum Gasteiger partial charge on any atom is 0.221 e. The number of rotatable bonds is 3. The van der Waals surface area contributed by atoms with E-state index in [1.807, 2.05) is 42.5 Å². The highest BCUT2D eigenvalue weighted by atomic mass is 16.1. The molecule has 0 radical (unpaired) electrons. The summed E-state index contributed by atoms with van der Waals surface area (Å²) in [6, 6.07) is 18.1. The number of hydrogen-bond donors (Lipinski definition) is 2. The molecule has 0 bridgehead atoms. The summed E-state index contributed by atoms with van der Waals surface area (Å²) in [7, 11) is 0. The van der Waals surface area contributed by atoms with Gasteiger partial charge in [-0.25, -0.2) is 0 Å². The van der Waals surface area contributed by atoms with Gasteiger partial charge in [0.2, 0.25) is 5.91 Å². The fraction of sp³-hybridized carbons (Fsp3) is 0.235. The van der Waals surface area contributed by atoms with Crippen molar-refractivity contribution in [1.29, 1.82) is 0 Å². The first-order valence-corrected chi connectivity index (χ1v) is 6.82. The zero-order valence-electron chi connectivity index (χ0n) is 11.5. The summed E-state index contributed by atoms with van der Waals surface area (Å²) >= 11 is 0. The molecule has 1 aliphatic carbocycles. The maximum atomic E-state index is 11.3. The third-order valence-electron chi connectivity index (χ3n) is 3.94. The lowest BCUT2D eigenvalue weighted by Gasteiger charge is -2.17. The fourth-order valence-electron chi connectivity index (χ4n) is 2.86. The summed E-state index contributed by atoms with van der Waals surface area (Å²) in [5.41, 5.74) is 9.29. The van der Waals surface area contributed by atoms with Crippen LogP contribution in [0, 0.1) is 0 Å². The third-order valence-corrected chi connectivity index (χ3v) is 3.94. The molecule has 1 amide bonds. The zero-order valence-corrected chi connectivity index (χ0v) is 11.5. The minimum Gasteiger partial charge on any atom is -0.326 e. The first kappa shape index (κ1) is 12.9. The van der Waals surface area contributed by atoms with Gasteiger partial charge in [-0.3, -0.25) is 4.79 Å². The molecule has 20 heavy (non-hydrogen) atoms. The molecule has 2 aromatic rings. The second-order valence-corrected chi connectivity index (χ2v) is 5.43. The van der Waals surface area contributed by atoms with Gasteiger partial charge in [-0.1, -0.05) is 48.5 Å². The van der Waals surface area contributed by atoms with E-state index < -0.39 is 0 Å². The molecule has 3 heteroatoms. The highest BCUT2D eigenvalue weighted by molar-refractivity contribution is 5.90. The van der Waals surface area contributed by atoms with E-state index >= 15 is 0 Å². The van der Waals surface area contributed by atoms with Crippen molar-refractivity contribution in [3.05, 3.63) is 65.7 Å². The maximum absolute atomic E-state index is 11.3. The van der Waals surface area contributed by atoms with Crippen LogP contribution in [-0.4, -0.2) is 5.91 Å². The average molecular weight is 266 g/mol. The zero-order chi connectivity index (χ0) is 14.2. The van der Waals surface area contributed by atoms with E-state index in [-0.39, 0.29) is 11.4 Å². The lowest BCUT2D eigenvalue weighted by Crippen LogP contribution is -2.24. The SMILES string of the molecule is CC(=O)Nc1ccccc1[C@]1(N)C[C@H]1c1ccccc1. The monoisotopic (exact) mass is 266 g/mol. The number of carbonyl (C=O) groups is 1. The van der Waals surface area contributed by atoms with Crippen LogP contribution in [0.15, 0.2) is 54.6 Å². The summed E-state index contributed by atoms with van der Waals surface area (Å²) < 4.78 is 0. The van der Waals surface area contributed by atoms with Gasteiger partial charge in [0.1, 0.15) is 0 Å². The van der Waals surface area contributed by atoms with Crippen molar-refractivity contribution in [1.82, 2.24) is 0 Å². The number of anilines is 1. The van der Waals surface area contributed by atoms with Crippen LogP contribution in [0.2, 0.25) is 0 Å². The fourth-order valence-corrected chi connectivity index (χ4v) is 2.86. The number of para-hydroxylation sites is 1. The molecular weight excluding hydrogens is 248 g/mol. The molecule has 3 rings (SSSR count). The number of carbonyl (C=O) groups excluding carboxylic acids is 1. The van der Waals surface area contributed by atoms with Crippen molar-refractivity contribution >= 4 is 11.6 Å². The van der Waals surface area contributed by atoms with Gasteiger partial charge < -0.3 is 11.1 Å². The predicted octanol–water partition coefficient (Wildman–Crippen LogP) is 2.99. The highest BCUT2D eigenvalue weighted by Gasteiger charge is 2.53. The minimum atomic E-state index is -0.375. The van der Waals surface area contributed by atoms with Crippen LogP contribution in [0.1, 0.15) is 30.4 Å². The molecule has 0 saturated heterocycles. The van der Waals surface area contributed by atoms with Gasteiger partial charge in [0.15, 0.2) is 0 Å². The Hall–Kier alpha value is -2.13. The number of nitrogens with one attached hydrogen (secondary N) is 1. The molecule has 2 atom stereocenters. The van der Waals surface area contributed by atoms with Gasteiger partial charge in [0.05, 0.1) is 5.54 Å². The molecule has 3 nitrogen and oxygen atoms in total. The van der Waals surface area contributed by atoms with Crippen LogP contribution in [0.5, 0.6) is 0 Å². The van der Waals surface area contributed by atoms with E-state index in [4.69, 9.17) is 5.73 Å². The Morgan fingerprint density at radius 2 is 1.80 bits per heavy atom. The standard InChI is InChI=1S/C17H18N2O/c1-12(20)19-16-10-6-5-9-14(16)17(18)11-15(17)13-7-3-2-4-8-13/h2-10,15H,11,18H2,1H3,(H,19,20)/t15-,17+/m0/s1. The van der Waals surface area contributed by atoms with E-state index in [0.29, 0.717) is 5.92 Å². The summed E-state index contributed by atoms with van der Waals surface area (Å²) in [6.07, 6.45) is 0.910. The summed E-state index contributed by atoms with van der Waals surface area (Å²) in [5.74, 6) is 0.247. The van der Waals surface area contributed by atoms with E-state index in [2.05, 4.69) is 17.4 Å². The number of hydrogen-bond acceptors (Lipinski definition) is 2. The Balaban J connectivity index is 1.93. The minimum absolute atomic E-state index is 0.0713. The topological polar surface area (TPSA) is 55.1 Å². The van der Waals surface area contributed by atoms with Gasteiger partial charge in [-0.05, 0) is 23.6 Å². The van der Waals surface area contributed by atoms with Crippen molar-refractivity contribution in [2.24, 2.45) is 5.73 Å². The molecule has 0 heterocycles. The van der Waals surface area contributed by atoms with Gasteiger partial charge in [-0.15, -0.1) is 0 Å². The molecular formula is C17H18N2O. The Kier molecular flexibility index (Phi) is 3.07. The molecule has 0 unspecified atom stereocenters. The molecule has 1 aliphatic rings. The van der Waals surface area contributed by atoms with Crippen LogP contribution >= 0.6 is 0 Å².